The van der Waals surface area contributed by atoms with Crippen LogP contribution >= 0.6 is 0 Å². The lowest BCUT2D eigenvalue weighted by molar-refractivity contribution is -0.136. The molecule has 2 aliphatic rings. The summed E-state index contributed by atoms with van der Waals surface area (Å²) in [5.74, 6) is -0.217. The number of carbonyl (C=O) groups is 1. The van der Waals surface area contributed by atoms with Crippen LogP contribution in [0.2, 0.25) is 0 Å². The summed E-state index contributed by atoms with van der Waals surface area (Å²) >= 11 is 0. The SMILES string of the molecule is O=C(NC1CC(OCc2ccccc2)C1)C1(Cc2ccccc2F)CNC1. The normalized spacial score (nSPS) is 23.1. The van der Waals surface area contributed by atoms with Gasteiger partial charge < -0.3 is 15.4 Å². The minimum atomic E-state index is -0.543. The molecular formula is C22H25FN2O2. The number of nitrogens with one attached hydrogen (secondary N) is 2. The molecule has 1 saturated heterocycles. The zero-order valence-electron chi connectivity index (χ0n) is 15.3. The van der Waals surface area contributed by atoms with Gasteiger partial charge in [0.15, 0.2) is 0 Å². The Labute approximate surface area is 159 Å². The molecule has 5 heteroatoms. The molecule has 0 aromatic heterocycles. The Balaban J connectivity index is 1.26. The van der Waals surface area contributed by atoms with Crippen molar-refractivity contribution in [2.45, 2.75) is 38.0 Å². The molecule has 2 N–H and O–H groups in total. The predicted octanol–water partition coefficient (Wildman–Crippen LogP) is 2.82. The minimum Gasteiger partial charge on any atom is -0.373 e. The Hall–Kier alpha value is -2.24. The number of ether oxygens (including phenoxy) is 1. The predicted molar refractivity (Wildman–Crippen MR) is 102 cm³/mol. The van der Waals surface area contributed by atoms with Gasteiger partial charge in [0.2, 0.25) is 5.91 Å². The summed E-state index contributed by atoms with van der Waals surface area (Å²) < 4.78 is 19.9. The van der Waals surface area contributed by atoms with Gasteiger partial charge in [0, 0.05) is 19.1 Å². The maximum absolute atomic E-state index is 14.0. The van der Waals surface area contributed by atoms with Gasteiger partial charge in [-0.05, 0) is 36.5 Å². The molecule has 4 rings (SSSR count). The van der Waals surface area contributed by atoms with Crippen molar-refractivity contribution in [3.05, 3.63) is 71.5 Å². The first-order chi connectivity index (χ1) is 13.1. The van der Waals surface area contributed by atoms with E-state index in [0.717, 1.165) is 18.4 Å². The largest absolute Gasteiger partial charge is 0.373 e. The first kappa shape index (κ1) is 18.1. The molecule has 4 nitrogen and oxygen atoms in total. The van der Waals surface area contributed by atoms with Gasteiger partial charge in [0.25, 0.3) is 0 Å². The van der Waals surface area contributed by atoms with E-state index < -0.39 is 5.41 Å². The van der Waals surface area contributed by atoms with Crippen molar-refractivity contribution in [1.82, 2.24) is 10.6 Å². The molecular weight excluding hydrogens is 343 g/mol. The second-order valence-electron chi connectivity index (χ2n) is 7.71. The van der Waals surface area contributed by atoms with E-state index in [-0.39, 0.29) is 23.9 Å². The Morgan fingerprint density at radius 2 is 1.81 bits per heavy atom. The van der Waals surface area contributed by atoms with Crippen LogP contribution in [-0.4, -0.2) is 31.1 Å². The van der Waals surface area contributed by atoms with Gasteiger partial charge in [-0.1, -0.05) is 48.5 Å². The van der Waals surface area contributed by atoms with Crippen molar-refractivity contribution >= 4 is 5.91 Å². The van der Waals surface area contributed by atoms with Crippen molar-refractivity contribution in [3.63, 3.8) is 0 Å². The third-order valence-corrected chi connectivity index (χ3v) is 5.65. The summed E-state index contributed by atoms with van der Waals surface area (Å²) in [5, 5.41) is 6.32. The maximum atomic E-state index is 14.0. The number of amides is 1. The minimum absolute atomic E-state index is 0.0241. The van der Waals surface area contributed by atoms with E-state index in [2.05, 4.69) is 10.6 Å². The highest BCUT2D eigenvalue weighted by atomic mass is 19.1. The maximum Gasteiger partial charge on any atom is 0.229 e. The first-order valence-corrected chi connectivity index (χ1v) is 9.55. The summed E-state index contributed by atoms with van der Waals surface area (Å²) in [7, 11) is 0. The van der Waals surface area contributed by atoms with Crippen LogP contribution in [0, 0.1) is 11.2 Å². The number of benzene rings is 2. The number of rotatable bonds is 7. The van der Waals surface area contributed by atoms with Gasteiger partial charge >= 0.3 is 0 Å². The van der Waals surface area contributed by atoms with E-state index in [1.165, 1.54) is 6.07 Å². The molecule has 27 heavy (non-hydrogen) atoms. The molecule has 0 spiro atoms. The van der Waals surface area contributed by atoms with E-state index in [1.807, 2.05) is 36.4 Å². The van der Waals surface area contributed by atoms with E-state index in [9.17, 15) is 9.18 Å². The molecule has 1 saturated carbocycles. The molecule has 0 unspecified atom stereocenters. The molecule has 1 heterocycles. The zero-order valence-corrected chi connectivity index (χ0v) is 15.3. The quantitative estimate of drug-likeness (QED) is 0.790. The van der Waals surface area contributed by atoms with Gasteiger partial charge in [-0.25, -0.2) is 4.39 Å². The third-order valence-electron chi connectivity index (χ3n) is 5.65. The van der Waals surface area contributed by atoms with E-state index in [0.29, 0.717) is 31.7 Å². The van der Waals surface area contributed by atoms with Crippen LogP contribution in [0.25, 0.3) is 0 Å². The van der Waals surface area contributed by atoms with Crippen molar-refractivity contribution in [1.29, 1.82) is 0 Å². The Kier molecular flexibility index (Phi) is 5.23. The van der Waals surface area contributed by atoms with Gasteiger partial charge in [-0.2, -0.15) is 0 Å². The van der Waals surface area contributed by atoms with Gasteiger partial charge in [-0.3, -0.25) is 4.79 Å². The first-order valence-electron chi connectivity index (χ1n) is 9.55. The molecule has 1 aliphatic carbocycles. The molecule has 0 radical (unpaired) electrons. The Morgan fingerprint density at radius 1 is 1.11 bits per heavy atom. The molecule has 0 bridgehead atoms. The van der Waals surface area contributed by atoms with Crippen LogP contribution in [0.5, 0.6) is 0 Å². The van der Waals surface area contributed by atoms with E-state index in [4.69, 9.17) is 4.74 Å². The summed E-state index contributed by atoms with van der Waals surface area (Å²) in [6.45, 7) is 1.79. The molecule has 2 aromatic carbocycles. The smallest absolute Gasteiger partial charge is 0.229 e. The third kappa shape index (κ3) is 4.04. The molecule has 2 aromatic rings. The topological polar surface area (TPSA) is 50.4 Å². The van der Waals surface area contributed by atoms with Crippen molar-refractivity contribution in [3.8, 4) is 0 Å². The van der Waals surface area contributed by atoms with E-state index >= 15 is 0 Å². The average Bonchev–Trinajstić information content (AvgIpc) is 2.62. The Bertz CT molecular complexity index is 786. The number of halogens is 1. The Morgan fingerprint density at radius 3 is 2.48 bits per heavy atom. The number of hydrogen-bond acceptors (Lipinski definition) is 3. The number of hydrogen-bond donors (Lipinski definition) is 2. The average molecular weight is 368 g/mol. The lowest BCUT2D eigenvalue weighted by Crippen LogP contribution is -2.64. The van der Waals surface area contributed by atoms with Crippen LogP contribution in [-0.2, 0) is 22.6 Å². The van der Waals surface area contributed by atoms with Crippen molar-refractivity contribution in [2.75, 3.05) is 13.1 Å². The lowest BCUT2D eigenvalue weighted by Gasteiger charge is -2.44. The monoisotopic (exact) mass is 368 g/mol. The van der Waals surface area contributed by atoms with Crippen LogP contribution in [0.15, 0.2) is 54.6 Å². The molecule has 1 aliphatic heterocycles. The van der Waals surface area contributed by atoms with Gasteiger partial charge in [0.05, 0.1) is 18.1 Å². The van der Waals surface area contributed by atoms with Crippen LogP contribution in [0.1, 0.15) is 24.0 Å². The van der Waals surface area contributed by atoms with E-state index in [1.54, 1.807) is 12.1 Å². The highest BCUT2D eigenvalue weighted by molar-refractivity contribution is 5.85. The standard InChI is InChI=1S/C22H25FN2O2/c23-20-9-5-4-8-17(20)12-22(14-24-15-22)21(26)25-18-10-19(11-18)27-13-16-6-2-1-3-7-16/h1-9,18-19,24H,10-15H2,(H,25,26). The van der Waals surface area contributed by atoms with Crippen molar-refractivity contribution < 1.29 is 13.9 Å². The van der Waals surface area contributed by atoms with Crippen LogP contribution in [0.3, 0.4) is 0 Å². The van der Waals surface area contributed by atoms with Crippen LogP contribution in [0.4, 0.5) is 4.39 Å². The highest BCUT2D eigenvalue weighted by Crippen LogP contribution is 2.31. The molecule has 2 fully saturated rings. The second kappa shape index (κ2) is 7.79. The van der Waals surface area contributed by atoms with Crippen LogP contribution < -0.4 is 10.6 Å². The summed E-state index contributed by atoms with van der Waals surface area (Å²) in [6, 6.07) is 17.0. The van der Waals surface area contributed by atoms with Gasteiger partial charge in [0.1, 0.15) is 5.82 Å². The molecule has 142 valence electrons. The zero-order chi connectivity index (χ0) is 18.7. The summed E-state index contributed by atoms with van der Waals surface area (Å²) in [4.78, 5) is 12.8. The second-order valence-corrected chi connectivity index (χ2v) is 7.71. The lowest BCUT2D eigenvalue weighted by atomic mass is 9.74. The summed E-state index contributed by atoms with van der Waals surface area (Å²) in [6.07, 6.45) is 2.29. The number of carbonyl (C=O) groups excluding carboxylic acids is 1. The molecule has 1 amide bonds. The summed E-state index contributed by atoms with van der Waals surface area (Å²) in [5.41, 5.74) is 1.22. The van der Waals surface area contributed by atoms with Gasteiger partial charge in [-0.15, -0.1) is 0 Å². The highest BCUT2D eigenvalue weighted by Gasteiger charge is 2.46. The fourth-order valence-electron chi connectivity index (χ4n) is 3.75. The fourth-order valence-corrected chi connectivity index (χ4v) is 3.75. The molecule has 0 atom stereocenters. The van der Waals surface area contributed by atoms with Crippen molar-refractivity contribution in [2.24, 2.45) is 5.41 Å². The fraction of sp³-hybridized carbons (Fsp3) is 0.409.